The molecule has 0 spiro atoms. The number of pyridine rings is 1. The minimum Gasteiger partial charge on any atom is -0.314 e. The molecule has 0 saturated heterocycles. The molecule has 0 unspecified atom stereocenters. The monoisotopic (exact) mass is 192 g/mol. The summed E-state index contributed by atoms with van der Waals surface area (Å²) in [6.45, 7) is 1.67. The molecule has 1 N–H and O–H groups in total. The number of nitrogens with zero attached hydrogens (tertiary/aromatic N) is 1. The molecule has 1 aliphatic rings. The second-order valence-electron chi connectivity index (χ2n) is 3.81. The van der Waals surface area contributed by atoms with Crippen molar-refractivity contribution in [3.8, 4) is 0 Å². The van der Waals surface area contributed by atoms with Crippen LogP contribution in [0.5, 0.6) is 0 Å². The van der Waals surface area contributed by atoms with Gasteiger partial charge in [0.2, 0.25) is 0 Å². The summed E-state index contributed by atoms with van der Waals surface area (Å²) >= 11 is 0. The SMILES string of the molecule is O=c1ccccn1CCNC1CCC1. The zero-order valence-electron chi connectivity index (χ0n) is 8.28. The van der Waals surface area contributed by atoms with E-state index in [9.17, 15) is 4.79 Å². The molecule has 0 bridgehead atoms. The molecule has 76 valence electrons. The lowest BCUT2D eigenvalue weighted by molar-refractivity contribution is 0.334. The maximum absolute atomic E-state index is 11.3. The van der Waals surface area contributed by atoms with Gasteiger partial charge in [0.25, 0.3) is 5.56 Å². The van der Waals surface area contributed by atoms with E-state index in [0.717, 1.165) is 13.1 Å². The third kappa shape index (κ3) is 2.23. The van der Waals surface area contributed by atoms with E-state index in [1.165, 1.54) is 19.3 Å². The lowest BCUT2D eigenvalue weighted by Gasteiger charge is -2.26. The van der Waals surface area contributed by atoms with Crippen LogP contribution >= 0.6 is 0 Å². The van der Waals surface area contributed by atoms with E-state index in [1.807, 2.05) is 12.3 Å². The van der Waals surface area contributed by atoms with Crippen molar-refractivity contribution in [3.05, 3.63) is 34.7 Å². The summed E-state index contributed by atoms with van der Waals surface area (Å²) in [5.74, 6) is 0. The lowest BCUT2D eigenvalue weighted by atomic mass is 9.93. The van der Waals surface area contributed by atoms with Crippen LogP contribution in [-0.2, 0) is 6.54 Å². The highest BCUT2D eigenvalue weighted by molar-refractivity contribution is 4.93. The van der Waals surface area contributed by atoms with Gasteiger partial charge in [-0.1, -0.05) is 12.5 Å². The van der Waals surface area contributed by atoms with Crippen molar-refractivity contribution in [1.82, 2.24) is 9.88 Å². The van der Waals surface area contributed by atoms with Gasteiger partial charge in [-0.05, 0) is 18.9 Å². The van der Waals surface area contributed by atoms with Gasteiger partial charge in [-0.15, -0.1) is 0 Å². The Hall–Kier alpha value is -1.09. The topological polar surface area (TPSA) is 34.0 Å². The summed E-state index contributed by atoms with van der Waals surface area (Å²) < 4.78 is 1.74. The molecule has 1 aliphatic carbocycles. The van der Waals surface area contributed by atoms with Crippen LogP contribution in [-0.4, -0.2) is 17.2 Å². The first-order valence-corrected chi connectivity index (χ1v) is 5.25. The average Bonchev–Trinajstić information content (AvgIpc) is 2.12. The van der Waals surface area contributed by atoms with Crippen molar-refractivity contribution in [2.45, 2.75) is 31.8 Å². The predicted molar refractivity (Wildman–Crippen MR) is 56.3 cm³/mol. The zero-order valence-corrected chi connectivity index (χ0v) is 8.28. The van der Waals surface area contributed by atoms with Gasteiger partial charge >= 0.3 is 0 Å². The van der Waals surface area contributed by atoms with Crippen LogP contribution in [0.4, 0.5) is 0 Å². The van der Waals surface area contributed by atoms with E-state index in [-0.39, 0.29) is 5.56 Å². The molecular formula is C11H16N2O. The van der Waals surface area contributed by atoms with Gasteiger partial charge in [0.05, 0.1) is 0 Å². The van der Waals surface area contributed by atoms with Crippen LogP contribution in [0.1, 0.15) is 19.3 Å². The summed E-state index contributed by atoms with van der Waals surface area (Å²) in [6.07, 6.45) is 5.78. The van der Waals surface area contributed by atoms with Crippen LogP contribution in [0.25, 0.3) is 0 Å². The molecule has 1 heterocycles. The summed E-state index contributed by atoms with van der Waals surface area (Å²) in [5, 5.41) is 3.44. The third-order valence-corrected chi connectivity index (χ3v) is 2.79. The van der Waals surface area contributed by atoms with Gasteiger partial charge in [-0.2, -0.15) is 0 Å². The molecule has 3 nitrogen and oxygen atoms in total. The number of rotatable bonds is 4. The molecule has 1 aromatic heterocycles. The summed E-state index contributed by atoms with van der Waals surface area (Å²) in [5.41, 5.74) is 0.0860. The van der Waals surface area contributed by atoms with Crippen molar-refractivity contribution >= 4 is 0 Å². The molecular weight excluding hydrogens is 176 g/mol. The molecule has 1 saturated carbocycles. The minimum absolute atomic E-state index is 0.0860. The molecule has 14 heavy (non-hydrogen) atoms. The summed E-state index contributed by atoms with van der Waals surface area (Å²) in [7, 11) is 0. The first-order valence-electron chi connectivity index (χ1n) is 5.25. The van der Waals surface area contributed by atoms with Crippen LogP contribution in [0.15, 0.2) is 29.2 Å². The van der Waals surface area contributed by atoms with E-state index in [0.29, 0.717) is 6.04 Å². The highest BCUT2D eigenvalue weighted by Gasteiger charge is 2.15. The zero-order chi connectivity index (χ0) is 9.80. The molecule has 0 amide bonds. The minimum atomic E-state index is 0.0860. The fourth-order valence-electron chi connectivity index (χ4n) is 1.65. The molecule has 0 radical (unpaired) electrons. The van der Waals surface area contributed by atoms with E-state index in [4.69, 9.17) is 0 Å². The van der Waals surface area contributed by atoms with Crippen LogP contribution in [0, 0.1) is 0 Å². The first kappa shape index (κ1) is 9.46. The van der Waals surface area contributed by atoms with Crippen molar-refractivity contribution in [1.29, 1.82) is 0 Å². The van der Waals surface area contributed by atoms with Gasteiger partial charge in [0.1, 0.15) is 0 Å². The average molecular weight is 192 g/mol. The lowest BCUT2D eigenvalue weighted by Crippen LogP contribution is -2.38. The number of nitrogens with one attached hydrogen (secondary N) is 1. The highest BCUT2D eigenvalue weighted by Crippen LogP contribution is 2.17. The Kier molecular flexibility index (Phi) is 2.99. The van der Waals surface area contributed by atoms with Crippen molar-refractivity contribution in [3.63, 3.8) is 0 Å². The third-order valence-electron chi connectivity index (χ3n) is 2.79. The Morgan fingerprint density at radius 3 is 2.93 bits per heavy atom. The molecule has 1 aromatic rings. The van der Waals surface area contributed by atoms with Gasteiger partial charge in [-0.25, -0.2) is 0 Å². The fraction of sp³-hybridized carbons (Fsp3) is 0.545. The van der Waals surface area contributed by atoms with Crippen LogP contribution in [0.2, 0.25) is 0 Å². The highest BCUT2D eigenvalue weighted by atomic mass is 16.1. The number of hydrogen-bond acceptors (Lipinski definition) is 2. The van der Waals surface area contributed by atoms with Crippen molar-refractivity contribution in [2.24, 2.45) is 0 Å². The van der Waals surface area contributed by atoms with Gasteiger partial charge in [-0.3, -0.25) is 4.79 Å². The van der Waals surface area contributed by atoms with Gasteiger partial charge < -0.3 is 9.88 Å². The Bertz CT molecular complexity index is 341. The Morgan fingerprint density at radius 1 is 1.43 bits per heavy atom. The smallest absolute Gasteiger partial charge is 0.250 e. The van der Waals surface area contributed by atoms with Gasteiger partial charge in [0, 0.05) is 31.4 Å². The second-order valence-corrected chi connectivity index (χ2v) is 3.81. The predicted octanol–water partition coefficient (Wildman–Crippen LogP) is 0.990. The Morgan fingerprint density at radius 2 is 2.29 bits per heavy atom. The van der Waals surface area contributed by atoms with E-state index in [2.05, 4.69) is 5.32 Å². The fourth-order valence-corrected chi connectivity index (χ4v) is 1.65. The molecule has 3 heteroatoms. The largest absolute Gasteiger partial charge is 0.314 e. The first-order chi connectivity index (χ1) is 6.86. The molecule has 0 aliphatic heterocycles. The molecule has 1 fully saturated rings. The summed E-state index contributed by atoms with van der Waals surface area (Å²) in [6, 6.07) is 5.97. The van der Waals surface area contributed by atoms with Crippen LogP contribution < -0.4 is 10.9 Å². The summed E-state index contributed by atoms with van der Waals surface area (Å²) in [4.78, 5) is 11.3. The van der Waals surface area contributed by atoms with Crippen molar-refractivity contribution < 1.29 is 0 Å². The Labute approximate surface area is 83.8 Å². The van der Waals surface area contributed by atoms with E-state index in [1.54, 1.807) is 16.7 Å². The molecule has 2 rings (SSSR count). The van der Waals surface area contributed by atoms with E-state index < -0.39 is 0 Å². The van der Waals surface area contributed by atoms with Gasteiger partial charge in [0.15, 0.2) is 0 Å². The number of hydrogen-bond donors (Lipinski definition) is 1. The molecule has 0 atom stereocenters. The quantitative estimate of drug-likeness (QED) is 0.772. The molecule has 0 aromatic carbocycles. The normalized spacial score (nSPS) is 16.6. The maximum atomic E-state index is 11.3. The standard InChI is InChI=1S/C11H16N2O/c14-11-6-1-2-8-13(11)9-7-12-10-4-3-5-10/h1-2,6,8,10,12H,3-5,7,9H2. The number of aromatic nitrogens is 1. The van der Waals surface area contributed by atoms with E-state index >= 15 is 0 Å². The maximum Gasteiger partial charge on any atom is 0.250 e. The Balaban J connectivity index is 1.79. The second kappa shape index (κ2) is 4.42. The van der Waals surface area contributed by atoms with Crippen LogP contribution in [0.3, 0.4) is 0 Å². The van der Waals surface area contributed by atoms with Crippen molar-refractivity contribution in [2.75, 3.05) is 6.54 Å².